The number of ether oxygens (including phenoxy) is 1. The Balaban J connectivity index is 1.82. The number of Topliss-reactive ketones (excluding diaryl/α,β-unsaturated/α-hetero) is 1. The molecule has 2 nitrogen and oxygen atoms in total. The average Bonchev–Trinajstić information content (AvgIpc) is 2.38. The molecule has 17 heavy (non-hydrogen) atoms. The fraction of sp³-hybridized carbons (Fsp3) is 0.533. The van der Waals surface area contributed by atoms with Gasteiger partial charge in [-0.25, -0.2) is 0 Å². The molecule has 0 radical (unpaired) electrons. The highest BCUT2D eigenvalue weighted by atomic mass is 16.5. The fourth-order valence-corrected chi connectivity index (χ4v) is 2.21. The molecule has 0 N–H and O–H groups in total. The molecule has 1 aromatic carbocycles. The van der Waals surface area contributed by atoms with Gasteiger partial charge in [-0.15, -0.1) is 0 Å². The standard InChI is InChI=1S/C15H20O2/c1-12-5-7-13(8-6-12)15(16)10-9-14-4-2-3-11-17-14/h5-8,14H,2-4,9-11H2,1H3. The summed E-state index contributed by atoms with van der Waals surface area (Å²) in [4.78, 5) is 11.9. The first-order chi connectivity index (χ1) is 8.25. The third kappa shape index (κ3) is 3.67. The molecule has 1 atom stereocenters. The van der Waals surface area contributed by atoms with Gasteiger partial charge in [-0.3, -0.25) is 4.79 Å². The quantitative estimate of drug-likeness (QED) is 0.742. The van der Waals surface area contributed by atoms with Crippen LogP contribution in [0.2, 0.25) is 0 Å². The molecule has 1 aliphatic heterocycles. The van der Waals surface area contributed by atoms with Crippen molar-refractivity contribution in [2.75, 3.05) is 6.61 Å². The molecular weight excluding hydrogens is 212 g/mol. The molecule has 0 bridgehead atoms. The van der Waals surface area contributed by atoms with Crippen LogP contribution >= 0.6 is 0 Å². The van der Waals surface area contributed by atoms with E-state index in [1.807, 2.05) is 31.2 Å². The topological polar surface area (TPSA) is 26.3 Å². The van der Waals surface area contributed by atoms with E-state index < -0.39 is 0 Å². The first kappa shape index (κ1) is 12.3. The van der Waals surface area contributed by atoms with Crippen LogP contribution in [-0.2, 0) is 4.74 Å². The second-order valence-corrected chi connectivity index (χ2v) is 4.82. The Morgan fingerprint density at radius 3 is 2.71 bits per heavy atom. The van der Waals surface area contributed by atoms with Gasteiger partial charge < -0.3 is 4.74 Å². The Labute approximate surface area is 103 Å². The normalized spacial score (nSPS) is 20.2. The van der Waals surface area contributed by atoms with E-state index in [1.54, 1.807) is 0 Å². The predicted molar refractivity (Wildman–Crippen MR) is 68.3 cm³/mol. The number of aryl methyl sites for hydroxylation is 1. The van der Waals surface area contributed by atoms with E-state index in [0.29, 0.717) is 12.5 Å². The molecule has 1 fully saturated rings. The predicted octanol–water partition coefficient (Wildman–Crippen LogP) is 3.53. The summed E-state index contributed by atoms with van der Waals surface area (Å²) in [5.74, 6) is 0.235. The molecular formula is C15H20O2. The van der Waals surface area contributed by atoms with Gasteiger partial charge in [-0.2, -0.15) is 0 Å². The van der Waals surface area contributed by atoms with Crippen molar-refractivity contribution in [3.8, 4) is 0 Å². The minimum Gasteiger partial charge on any atom is -0.378 e. The number of benzene rings is 1. The Morgan fingerprint density at radius 1 is 1.29 bits per heavy atom. The Morgan fingerprint density at radius 2 is 2.06 bits per heavy atom. The first-order valence-corrected chi connectivity index (χ1v) is 6.47. The number of ketones is 1. The third-order valence-corrected chi connectivity index (χ3v) is 3.34. The minimum atomic E-state index is 0.235. The summed E-state index contributed by atoms with van der Waals surface area (Å²) < 4.78 is 5.63. The van der Waals surface area contributed by atoms with Gasteiger partial charge in [0.25, 0.3) is 0 Å². The maximum absolute atomic E-state index is 11.9. The van der Waals surface area contributed by atoms with Crippen LogP contribution in [0, 0.1) is 6.92 Å². The van der Waals surface area contributed by atoms with Crippen LogP contribution in [-0.4, -0.2) is 18.5 Å². The molecule has 0 aromatic heterocycles. The van der Waals surface area contributed by atoms with Crippen molar-refractivity contribution >= 4 is 5.78 Å². The summed E-state index contributed by atoms with van der Waals surface area (Å²) in [5, 5.41) is 0. The fourth-order valence-electron chi connectivity index (χ4n) is 2.21. The summed E-state index contributed by atoms with van der Waals surface area (Å²) >= 11 is 0. The zero-order chi connectivity index (χ0) is 12.1. The van der Waals surface area contributed by atoms with Crippen LogP contribution in [0.1, 0.15) is 48.0 Å². The molecule has 1 saturated heterocycles. The minimum absolute atomic E-state index is 0.235. The maximum atomic E-state index is 11.9. The summed E-state index contributed by atoms with van der Waals surface area (Å²) in [6, 6.07) is 7.81. The van der Waals surface area contributed by atoms with E-state index in [0.717, 1.165) is 25.0 Å². The van der Waals surface area contributed by atoms with Crippen molar-refractivity contribution in [1.29, 1.82) is 0 Å². The summed E-state index contributed by atoms with van der Waals surface area (Å²) in [7, 11) is 0. The summed E-state index contributed by atoms with van der Waals surface area (Å²) in [5.41, 5.74) is 2.02. The Kier molecular flexibility index (Phi) is 4.32. The third-order valence-electron chi connectivity index (χ3n) is 3.34. The zero-order valence-electron chi connectivity index (χ0n) is 10.4. The molecule has 0 spiro atoms. The van der Waals surface area contributed by atoms with E-state index >= 15 is 0 Å². The Hall–Kier alpha value is -1.15. The molecule has 2 rings (SSSR count). The van der Waals surface area contributed by atoms with Crippen LogP contribution in [0.15, 0.2) is 24.3 Å². The summed E-state index contributed by atoms with van der Waals surface area (Å²) in [6.45, 7) is 2.90. The molecule has 1 heterocycles. The van der Waals surface area contributed by atoms with Gasteiger partial charge in [0.2, 0.25) is 0 Å². The molecule has 0 amide bonds. The molecule has 92 valence electrons. The lowest BCUT2D eigenvalue weighted by Gasteiger charge is -2.22. The van der Waals surface area contributed by atoms with Gasteiger partial charge in [0.05, 0.1) is 6.10 Å². The van der Waals surface area contributed by atoms with Crippen LogP contribution in [0.25, 0.3) is 0 Å². The van der Waals surface area contributed by atoms with E-state index in [-0.39, 0.29) is 5.78 Å². The van der Waals surface area contributed by atoms with Gasteiger partial charge >= 0.3 is 0 Å². The van der Waals surface area contributed by atoms with Crippen molar-refractivity contribution in [3.63, 3.8) is 0 Å². The molecule has 0 saturated carbocycles. The molecule has 1 aliphatic rings. The van der Waals surface area contributed by atoms with Gasteiger partial charge in [-0.05, 0) is 32.6 Å². The lowest BCUT2D eigenvalue weighted by atomic mass is 10.00. The van der Waals surface area contributed by atoms with E-state index in [4.69, 9.17) is 4.74 Å². The first-order valence-electron chi connectivity index (χ1n) is 6.47. The van der Waals surface area contributed by atoms with Crippen LogP contribution < -0.4 is 0 Å². The number of hydrogen-bond donors (Lipinski definition) is 0. The van der Waals surface area contributed by atoms with Crippen molar-refractivity contribution in [2.24, 2.45) is 0 Å². The largest absolute Gasteiger partial charge is 0.378 e. The highest BCUT2D eigenvalue weighted by Crippen LogP contribution is 2.18. The Bertz CT molecular complexity index is 361. The van der Waals surface area contributed by atoms with E-state index in [1.165, 1.54) is 18.4 Å². The number of rotatable bonds is 4. The lowest BCUT2D eigenvalue weighted by Crippen LogP contribution is -2.20. The lowest BCUT2D eigenvalue weighted by molar-refractivity contribution is 0.0104. The summed E-state index contributed by atoms with van der Waals surface area (Å²) in [6.07, 6.45) is 5.30. The smallest absolute Gasteiger partial charge is 0.162 e. The monoisotopic (exact) mass is 232 g/mol. The van der Waals surface area contributed by atoms with Crippen LogP contribution in [0.3, 0.4) is 0 Å². The van der Waals surface area contributed by atoms with E-state index in [9.17, 15) is 4.79 Å². The van der Waals surface area contributed by atoms with Crippen LogP contribution in [0.4, 0.5) is 0 Å². The maximum Gasteiger partial charge on any atom is 0.162 e. The van der Waals surface area contributed by atoms with Crippen LogP contribution in [0.5, 0.6) is 0 Å². The zero-order valence-corrected chi connectivity index (χ0v) is 10.4. The molecule has 2 heteroatoms. The molecule has 1 unspecified atom stereocenters. The van der Waals surface area contributed by atoms with Gasteiger partial charge in [0, 0.05) is 18.6 Å². The van der Waals surface area contributed by atoms with Crippen molar-refractivity contribution in [2.45, 2.75) is 45.1 Å². The number of carbonyl (C=O) groups is 1. The van der Waals surface area contributed by atoms with Gasteiger partial charge in [0.15, 0.2) is 5.78 Å². The second kappa shape index (κ2) is 5.97. The number of hydrogen-bond acceptors (Lipinski definition) is 2. The van der Waals surface area contributed by atoms with Crippen molar-refractivity contribution in [1.82, 2.24) is 0 Å². The highest BCUT2D eigenvalue weighted by molar-refractivity contribution is 5.96. The van der Waals surface area contributed by atoms with Crippen molar-refractivity contribution < 1.29 is 9.53 Å². The van der Waals surface area contributed by atoms with Gasteiger partial charge in [0.1, 0.15) is 0 Å². The van der Waals surface area contributed by atoms with E-state index in [2.05, 4.69) is 0 Å². The van der Waals surface area contributed by atoms with Gasteiger partial charge in [-0.1, -0.05) is 29.8 Å². The molecule has 1 aromatic rings. The highest BCUT2D eigenvalue weighted by Gasteiger charge is 2.15. The SMILES string of the molecule is Cc1ccc(C(=O)CCC2CCCCO2)cc1. The average molecular weight is 232 g/mol. The van der Waals surface area contributed by atoms with Crippen molar-refractivity contribution in [3.05, 3.63) is 35.4 Å². The second-order valence-electron chi connectivity index (χ2n) is 4.82. The molecule has 0 aliphatic carbocycles. The number of carbonyl (C=O) groups excluding carboxylic acids is 1.